The lowest BCUT2D eigenvalue weighted by Gasteiger charge is -2.06. The molecule has 0 amide bonds. The number of hydrogen-bond acceptors (Lipinski definition) is 6. The maximum atomic E-state index is 12.2. The van der Waals surface area contributed by atoms with Crippen LogP contribution in [0.1, 0.15) is 10.4 Å². The number of hydrogen-bond donors (Lipinski definition) is 3. The minimum atomic E-state index is -3.47. The van der Waals surface area contributed by atoms with Gasteiger partial charge >= 0.3 is 5.97 Å². The van der Waals surface area contributed by atoms with E-state index in [1.165, 1.54) is 24.4 Å². The molecule has 124 valence electrons. The van der Waals surface area contributed by atoms with E-state index in [4.69, 9.17) is 5.11 Å². The predicted octanol–water partition coefficient (Wildman–Crippen LogP) is 0.178. The molecule has 24 heavy (non-hydrogen) atoms. The summed E-state index contributed by atoms with van der Waals surface area (Å²) in [4.78, 5) is 29.7. The van der Waals surface area contributed by atoms with Gasteiger partial charge in [-0.15, -0.1) is 0 Å². The van der Waals surface area contributed by atoms with Crippen LogP contribution in [0.3, 0.4) is 0 Å². The van der Waals surface area contributed by atoms with Gasteiger partial charge in [0.25, 0.3) is 5.56 Å². The molecule has 2 aromatic heterocycles. The summed E-state index contributed by atoms with van der Waals surface area (Å²) in [5, 5.41) is 12.9. The highest BCUT2D eigenvalue weighted by molar-refractivity contribution is 7.92. The first kappa shape index (κ1) is 15.7. The molecule has 0 aliphatic heterocycles. The number of anilines is 1. The Morgan fingerprint density at radius 2 is 2.12 bits per heavy atom. The second-order valence-corrected chi connectivity index (χ2v) is 6.72. The van der Waals surface area contributed by atoms with Gasteiger partial charge in [0.15, 0.2) is 0 Å². The molecule has 1 aromatic carbocycles. The van der Waals surface area contributed by atoms with Gasteiger partial charge in [-0.1, -0.05) is 0 Å². The average molecular weight is 349 g/mol. The molecule has 0 atom stereocenters. The molecule has 3 aromatic rings. The summed E-state index contributed by atoms with van der Waals surface area (Å²) >= 11 is 0. The van der Waals surface area contributed by atoms with Crippen LogP contribution < -0.4 is 10.3 Å². The van der Waals surface area contributed by atoms with Crippen molar-refractivity contribution < 1.29 is 18.3 Å². The third-order valence-corrected chi connectivity index (χ3v) is 3.65. The summed E-state index contributed by atoms with van der Waals surface area (Å²) in [7, 11) is -3.47. The average Bonchev–Trinajstić information content (AvgIpc) is 2.96. The van der Waals surface area contributed by atoms with Crippen LogP contribution in [0.15, 0.2) is 35.4 Å². The number of rotatable bonds is 4. The van der Waals surface area contributed by atoms with E-state index in [0.29, 0.717) is 5.52 Å². The van der Waals surface area contributed by atoms with E-state index in [0.717, 1.165) is 17.1 Å². The van der Waals surface area contributed by atoms with Crippen molar-refractivity contribution in [3.63, 3.8) is 0 Å². The fraction of sp³-hybridized carbons (Fsp3) is 0.0769. The van der Waals surface area contributed by atoms with E-state index >= 15 is 0 Å². The van der Waals surface area contributed by atoms with Gasteiger partial charge in [-0.2, -0.15) is 5.10 Å². The molecule has 2 heterocycles. The van der Waals surface area contributed by atoms with Gasteiger partial charge in [-0.25, -0.2) is 22.9 Å². The van der Waals surface area contributed by atoms with Gasteiger partial charge < -0.3 is 5.11 Å². The van der Waals surface area contributed by atoms with Gasteiger partial charge in [-0.3, -0.25) is 14.5 Å². The van der Waals surface area contributed by atoms with Crippen molar-refractivity contribution in [2.75, 3.05) is 11.0 Å². The summed E-state index contributed by atoms with van der Waals surface area (Å²) in [6.45, 7) is 0. The Morgan fingerprint density at radius 3 is 2.75 bits per heavy atom. The van der Waals surface area contributed by atoms with Crippen molar-refractivity contribution in [3.8, 4) is 5.95 Å². The highest BCUT2D eigenvalue weighted by Crippen LogP contribution is 2.16. The Kier molecular flexibility index (Phi) is 3.56. The van der Waals surface area contributed by atoms with E-state index in [2.05, 4.69) is 19.8 Å². The first-order valence-corrected chi connectivity index (χ1v) is 8.42. The van der Waals surface area contributed by atoms with E-state index in [1.54, 1.807) is 0 Å². The van der Waals surface area contributed by atoms with Crippen molar-refractivity contribution in [1.82, 2.24) is 19.7 Å². The lowest BCUT2D eigenvalue weighted by molar-refractivity contribution is 0.0697. The zero-order valence-corrected chi connectivity index (χ0v) is 13.0. The molecule has 0 aliphatic carbocycles. The maximum absolute atomic E-state index is 12.2. The molecule has 3 rings (SSSR count). The number of H-pyrrole nitrogens is 1. The summed E-state index contributed by atoms with van der Waals surface area (Å²) < 4.78 is 25.9. The Labute approximate surface area is 134 Å². The Bertz CT molecular complexity index is 1120. The smallest absolute Gasteiger partial charge is 0.338 e. The summed E-state index contributed by atoms with van der Waals surface area (Å²) in [6, 6.07) is 4.30. The standard InChI is InChI=1S/C13H11N5O5S/c1-24(22,23)17-8-2-3-10-9(4-8)11(19)16-13(15-10)18-6-7(5-14-18)12(20)21/h2-6,17H,1H3,(H,20,21)(H,15,16,19). The largest absolute Gasteiger partial charge is 0.478 e. The van der Waals surface area contributed by atoms with Gasteiger partial charge in [0.05, 0.1) is 28.9 Å². The minimum Gasteiger partial charge on any atom is -0.478 e. The molecule has 0 fully saturated rings. The van der Waals surface area contributed by atoms with Crippen LogP contribution in [0, 0.1) is 0 Å². The number of carboxylic acid groups (broad SMARTS) is 1. The predicted molar refractivity (Wildman–Crippen MR) is 84.9 cm³/mol. The van der Waals surface area contributed by atoms with E-state index in [-0.39, 0.29) is 22.6 Å². The number of aromatic nitrogens is 4. The number of carboxylic acids is 1. The van der Waals surface area contributed by atoms with E-state index in [1.807, 2.05) is 0 Å². The Balaban J connectivity index is 2.09. The van der Waals surface area contributed by atoms with Crippen LogP contribution in [0.4, 0.5) is 5.69 Å². The number of aromatic carboxylic acids is 1. The van der Waals surface area contributed by atoms with Crippen LogP contribution in [-0.2, 0) is 10.0 Å². The quantitative estimate of drug-likeness (QED) is 0.608. The highest BCUT2D eigenvalue weighted by Gasteiger charge is 2.11. The van der Waals surface area contributed by atoms with Crippen LogP contribution in [-0.4, -0.2) is 45.5 Å². The molecule has 3 N–H and O–H groups in total. The molecule has 11 heteroatoms. The fourth-order valence-electron chi connectivity index (χ4n) is 2.06. The van der Waals surface area contributed by atoms with E-state index < -0.39 is 21.6 Å². The van der Waals surface area contributed by atoms with Crippen molar-refractivity contribution in [2.24, 2.45) is 0 Å². The Hall–Kier alpha value is -3.21. The zero-order chi connectivity index (χ0) is 17.5. The normalized spacial score (nSPS) is 11.5. The molecule has 0 spiro atoms. The first-order chi connectivity index (χ1) is 11.2. The van der Waals surface area contributed by atoms with Gasteiger partial charge in [-0.05, 0) is 18.2 Å². The molecular formula is C13H11N5O5S. The minimum absolute atomic E-state index is 0.0452. The number of aromatic amines is 1. The molecule has 0 saturated heterocycles. The van der Waals surface area contributed by atoms with Gasteiger partial charge in [0.1, 0.15) is 0 Å². The molecule has 0 aliphatic rings. The highest BCUT2D eigenvalue weighted by atomic mass is 32.2. The number of benzene rings is 1. The van der Waals surface area contributed by atoms with Crippen LogP contribution in [0.5, 0.6) is 0 Å². The number of sulfonamides is 1. The van der Waals surface area contributed by atoms with Crippen molar-refractivity contribution >= 4 is 32.6 Å². The lowest BCUT2D eigenvalue weighted by Crippen LogP contribution is -2.15. The van der Waals surface area contributed by atoms with E-state index in [9.17, 15) is 18.0 Å². The SMILES string of the molecule is CS(=O)(=O)Nc1ccc2nc(-n3cc(C(=O)O)cn3)[nH]c(=O)c2c1. The molecule has 10 nitrogen and oxygen atoms in total. The zero-order valence-electron chi connectivity index (χ0n) is 12.2. The number of fused-ring (bicyclic) bond motifs is 1. The molecule has 0 unspecified atom stereocenters. The monoisotopic (exact) mass is 349 g/mol. The number of nitrogens with one attached hydrogen (secondary N) is 2. The molecule has 0 bridgehead atoms. The summed E-state index contributed by atoms with van der Waals surface area (Å²) in [5.41, 5.74) is -0.0255. The van der Waals surface area contributed by atoms with Crippen LogP contribution in [0.25, 0.3) is 16.9 Å². The Morgan fingerprint density at radius 1 is 1.38 bits per heavy atom. The maximum Gasteiger partial charge on any atom is 0.338 e. The molecule has 0 radical (unpaired) electrons. The summed E-state index contributed by atoms with van der Waals surface area (Å²) in [6.07, 6.45) is 3.35. The topological polar surface area (TPSA) is 147 Å². The molecule has 0 saturated carbocycles. The van der Waals surface area contributed by atoms with Gasteiger partial charge in [0, 0.05) is 11.9 Å². The number of carbonyl (C=O) groups is 1. The van der Waals surface area contributed by atoms with Crippen LogP contribution in [0.2, 0.25) is 0 Å². The van der Waals surface area contributed by atoms with Gasteiger partial charge in [0.2, 0.25) is 16.0 Å². The van der Waals surface area contributed by atoms with Crippen LogP contribution >= 0.6 is 0 Å². The fourth-order valence-corrected chi connectivity index (χ4v) is 2.62. The first-order valence-electron chi connectivity index (χ1n) is 6.53. The summed E-state index contributed by atoms with van der Waals surface area (Å²) in [5.74, 6) is -1.11. The second kappa shape index (κ2) is 5.45. The van der Waals surface area contributed by atoms with Crippen molar-refractivity contribution in [1.29, 1.82) is 0 Å². The lowest BCUT2D eigenvalue weighted by atomic mass is 10.2. The number of nitrogens with zero attached hydrogens (tertiary/aromatic N) is 3. The van der Waals surface area contributed by atoms with Crippen molar-refractivity contribution in [3.05, 3.63) is 46.5 Å². The molecular weight excluding hydrogens is 338 g/mol. The van der Waals surface area contributed by atoms with Crippen molar-refractivity contribution in [2.45, 2.75) is 0 Å². The third kappa shape index (κ3) is 3.10. The second-order valence-electron chi connectivity index (χ2n) is 4.97. The third-order valence-electron chi connectivity index (χ3n) is 3.04.